The molecule has 138 valence electrons. The minimum atomic E-state index is 0.296. The third-order valence-corrected chi connectivity index (χ3v) is 5.02. The Labute approximate surface area is 154 Å². The van der Waals surface area contributed by atoms with Gasteiger partial charge in [-0.2, -0.15) is 19.1 Å². The summed E-state index contributed by atoms with van der Waals surface area (Å²) in [7, 11) is 1.61. The first-order valence-electron chi connectivity index (χ1n) is 8.91. The largest absolute Gasteiger partial charge is 0.480 e. The van der Waals surface area contributed by atoms with Crippen LogP contribution in [0.3, 0.4) is 0 Å². The lowest BCUT2D eigenvalue weighted by Gasteiger charge is -2.32. The first kappa shape index (κ1) is 15.9. The van der Waals surface area contributed by atoms with E-state index in [-0.39, 0.29) is 0 Å². The van der Waals surface area contributed by atoms with Gasteiger partial charge >= 0.3 is 0 Å². The van der Waals surface area contributed by atoms with Gasteiger partial charge in [-0.3, -0.25) is 0 Å². The van der Waals surface area contributed by atoms with Gasteiger partial charge in [0, 0.05) is 36.8 Å². The topological polar surface area (TPSA) is 98.6 Å². The predicted octanol–water partition coefficient (Wildman–Crippen LogP) is 1.26. The van der Waals surface area contributed by atoms with Crippen molar-refractivity contribution in [1.29, 1.82) is 0 Å². The molecule has 0 saturated carbocycles. The average molecular weight is 365 g/mol. The summed E-state index contributed by atoms with van der Waals surface area (Å²) in [4.78, 5) is 11.0. The van der Waals surface area contributed by atoms with Crippen molar-refractivity contribution in [2.24, 2.45) is 0 Å². The molecule has 1 aliphatic heterocycles. The van der Waals surface area contributed by atoms with E-state index < -0.39 is 0 Å². The van der Waals surface area contributed by atoms with Crippen LogP contribution in [-0.4, -0.2) is 59.6 Å². The summed E-state index contributed by atoms with van der Waals surface area (Å²) in [6.45, 7) is 3.76. The number of hydrogen-bond acceptors (Lipinski definition) is 8. The maximum absolute atomic E-state index is 5.24. The molecule has 27 heavy (non-hydrogen) atoms. The molecule has 0 atom stereocenters. The summed E-state index contributed by atoms with van der Waals surface area (Å²) in [5.74, 6) is 3.40. The fourth-order valence-corrected chi connectivity index (χ4v) is 3.66. The van der Waals surface area contributed by atoms with Crippen LogP contribution in [0.4, 0.5) is 5.82 Å². The highest BCUT2D eigenvalue weighted by molar-refractivity contribution is 5.47. The molecular weight excluding hydrogens is 346 g/mol. The Morgan fingerprint density at radius 2 is 1.96 bits per heavy atom. The number of nitrogens with zero attached hydrogens (tertiary/aromatic N) is 9. The number of aryl methyl sites for hydroxylation is 1. The zero-order valence-electron chi connectivity index (χ0n) is 15.1. The molecule has 0 amide bonds. The highest BCUT2D eigenvalue weighted by Crippen LogP contribution is 2.30. The fraction of sp³-hybridized carbons (Fsp3) is 0.412. The van der Waals surface area contributed by atoms with Gasteiger partial charge in [0.05, 0.1) is 7.11 Å². The van der Waals surface area contributed by atoms with Crippen LogP contribution >= 0.6 is 0 Å². The van der Waals surface area contributed by atoms with Crippen LogP contribution in [0.2, 0.25) is 0 Å². The molecule has 1 saturated heterocycles. The quantitative estimate of drug-likeness (QED) is 0.535. The number of rotatable bonds is 3. The van der Waals surface area contributed by atoms with Crippen molar-refractivity contribution < 1.29 is 4.74 Å². The number of ether oxygens (including phenoxy) is 1. The standard InChI is InChI=1S/C17H19N9O/c1-11-9-15(26-17(20-11)18-10-19-26)24-7-5-12(6-8-24)16-22-21-13-3-4-14(27-2)23-25(13)16/h3-4,9-10,12H,5-8H2,1-2H3. The monoisotopic (exact) mass is 365 g/mol. The molecule has 4 aromatic rings. The maximum atomic E-state index is 5.24. The normalized spacial score (nSPS) is 15.7. The van der Waals surface area contributed by atoms with E-state index in [4.69, 9.17) is 4.74 Å². The Morgan fingerprint density at radius 1 is 1.11 bits per heavy atom. The van der Waals surface area contributed by atoms with Crippen molar-refractivity contribution in [3.63, 3.8) is 0 Å². The van der Waals surface area contributed by atoms with Crippen molar-refractivity contribution in [2.45, 2.75) is 25.7 Å². The third kappa shape index (κ3) is 2.64. The van der Waals surface area contributed by atoms with E-state index in [9.17, 15) is 0 Å². The molecule has 0 spiro atoms. The van der Waals surface area contributed by atoms with Crippen LogP contribution in [0, 0.1) is 6.92 Å². The molecule has 0 aliphatic carbocycles. The van der Waals surface area contributed by atoms with Gasteiger partial charge in [0.2, 0.25) is 5.88 Å². The van der Waals surface area contributed by atoms with E-state index in [1.807, 2.05) is 13.0 Å². The Hall–Kier alpha value is -3.30. The first-order chi connectivity index (χ1) is 13.2. The van der Waals surface area contributed by atoms with E-state index in [2.05, 4.69) is 41.3 Å². The van der Waals surface area contributed by atoms with Crippen LogP contribution in [0.5, 0.6) is 5.88 Å². The zero-order chi connectivity index (χ0) is 18.4. The summed E-state index contributed by atoms with van der Waals surface area (Å²) in [6, 6.07) is 5.73. The SMILES string of the molecule is COc1ccc2nnc(C3CCN(c4cc(C)nc5ncnn45)CC3)n2n1. The van der Waals surface area contributed by atoms with Gasteiger partial charge in [0.25, 0.3) is 5.78 Å². The highest BCUT2D eigenvalue weighted by atomic mass is 16.5. The first-order valence-corrected chi connectivity index (χ1v) is 8.91. The number of methoxy groups -OCH3 is 1. The van der Waals surface area contributed by atoms with E-state index >= 15 is 0 Å². The molecule has 5 heterocycles. The van der Waals surface area contributed by atoms with Crippen LogP contribution in [-0.2, 0) is 0 Å². The number of aromatic nitrogens is 8. The molecule has 0 N–H and O–H groups in total. The van der Waals surface area contributed by atoms with Crippen LogP contribution in [0.25, 0.3) is 11.4 Å². The van der Waals surface area contributed by atoms with Gasteiger partial charge < -0.3 is 9.64 Å². The molecule has 0 unspecified atom stereocenters. The predicted molar refractivity (Wildman–Crippen MR) is 97.0 cm³/mol. The van der Waals surface area contributed by atoms with Gasteiger partial charge in [-0.15, -0.1) is 15.3 Å². The van der Waals surface area contributed by atoms with Crippen molar-refractivity contribution >= 4 is 17.2 Å². The average Bonchev–Trinajstić information content (AvgIpc) is 3.33. The number of fused-ring (bicyclic) bond motifs is 2. The number of anilines is 1. The van der Waals surface area contributed by atoms with E-state index in [0.717, 1.165) is 48.9 Å². The van der Waals surface area contributed by atoms with Crippen LogP contribution in [0.15, 0.2) is 24.5 Å². The molecule has 4 aromatic heterocycles. The zero-order valence-corrected chi connectivity index (χ0v) is 15.1. The van der Waals surface area contributed by atoms with Gasteiger partial charge in [0.15, 0.2) is 11.5 Å². The van der Waals surface area contributed by atoms with Crippen molar-refractivity contribution in [3.8, 4) is 5.88 Å². The van der Waals surface area contributed by atoms with Gasteiger partial charge in [-0.1, -0.05) is 0 Å². The molecule has 5 rings (SSSR count). The summed E-state index contributed by atoms with van der Waals surface area (Å²) in [5.41, 5.74) is 1.68. The molecule has 10 nitrogen and oxygen atoms in total. The van der Waals surface area contributed by atoms with Crippen LogP contribution in [0.1, 0.15) is 30.3 Å². The lowest BCUT2D eigenvalue weighted by atomic mass is 9.96. The molecule has 0 aromatic carbocycles. The Kier molecular flexibility index (Phi) is 3.62. The second-order valence-corrected chi connectivity index (χ2v) is 6.69. The van der Waals surface area contributed by atoms with E-state index in [1.54, 1.807) is 28.5 Å². The molecule has 0 bridgehead atoms. The fourth-order valence-electron chi connectivity index (χ4n) is 3.66. The van der Waals surface area contributed by atoms with Crippen LogP contribution < -0.4 is 9.64 Å². The molecule has 0 radical (unpaired) electrons. The Bertz CT molecular complexity index is 1110. The van der Waals surface area contributed by atoms with Crippen molar-refractivity contribution in [1.82, 2.24) is 39.4 Å². The number of hydrogen-bond donors (Lipinski definition) is 0. The van der Waals surface area contributed by atoms with Gasteiger partial charge in [0.1, 0.15) is 12.1 Å². The highest BCUT2D eigenvalue weighted by Gasteiger charge is 2.26. The minimum Gasteiger partial charge on any atom is -0.480 e. The summed E-state index contributed by atoms with van der Waals surface area (Å²) in [6.07, 6.45) is 3.45. The van der Waals surface area contributed by atoms with Crippen molar-refractivity contribution in [3.05, 3.63) is 36.0 Å². The van der Waals surface area contributed by atoms with E-state index in [0.29, 0.717) is 17.6 Å². The Balaban J connectivity index is 1.41. The number of piperidine rings is 1. The summed E-state index contributed by atoms with van der Waals surface area (Å²) >= 11 is 0. The Morgan fingerprint density at radius 3 is 2.78 bits per heavy atom. The van der Waals surface area contributed by atoms with Gasteiger partial charge in [-0.05, 0) is 25.8 Å². The van der Waals surface area contributed by atoms with Gasteiger partial charge in [-0.25, -0.2) is 4.98 Å². The molecule has 1 fully saturated rings. The van der Waals surface area contributed by atoms with E-state index in [1.165, 1.54) is 0 Å². The summed E-state index contributed by atoms with van der Waals surface area (Å²) < 4.78 is 8.83. The third-order valence-electron chi connectivity index (χ3n) is 5.02. The minimum absolute atomic E-state index is 0.296. The smallest absolute Gasteiger partial charge is 0.254 e. The lowest BCUT2D eigenvalue weighted by Crippen LogP contribution is -2.35. The van der Waals surface area contributed by atoms with Crippen molar-refractivity contribution in [2.75, 3.05) is 25.1 Å². The second-order valence-electron chi connectivity index (χ2n) is 6.69. The maximum Gasteiger partial charge on any atom is 0.254 e. The molecule has 1 aliphatic rings. The molecular formula is C17H19N9O. The second kappa shape index (κ2) is 6.15. The summed E-state index contributed by atoms with van der Waals surface area (Å²) in [5, 5.41) is 17.4. The lowest BCUT2D eigenvalue weighted by molar-refractivity contribution is 0.386. The molecule has 10 heteroatoms.